The van der Waals surface area contributed by atoms with Gasteiger partial charge in [-0.05, 0) is 67.4 Å². The topological polar surface area (TPSA) is 26.3 Å². The van der Waals surface area contributed by atoms with Gasteiger partial charge in [-0.2, -0.15) is 0 Å². The van der Waals surface area contributed by atoms with Gasteiger partial charge in [0.05, 0.1) is 0 Å². The molecule has 0 amide bonds. The van der Waals surface area contributed by atoms with E-state index in [0.29, 0.717) is 0 Å². The Bertz CT molecular complexity index is 2560. The summed E-state index contributed by atoms with van der Waals surface area (Å²) in [6.07, 6.45) is 0. The van der Waals surface area contributed by atoms with Gasteiger partial charge in [-0.3, -0.25) is 0 Å². The quantitative estimate of drug-likeness (QED) is 0.158. The summed E-state index contributed by atoms with van der Waals surface area (Å²) in [5, 5.41) is 14.6. The second-order valence-corrected chi connectivity index (χ2v) is 12.8. The van der Waals surface area contributed by atoms with Crippen LogP contribution in [-0.4, -0.2) is 0 Å². The lowest BCUT2D eigenvalue weighted by atomic mass is 10.00. The molecule has 0 aliphatic heterocycles. The molecule has 0 spiro atoms. The largest absolute Gasteiger partial charge is 0.456 e. The number of benzene rings is 8. The minimum Gasteiger partial charge on any atom is -0.456 e. The average molecular weight is 694 g/mol. The first-order chi connectivity index (χ1) is 21.7. The van der Waals surface area contributed by atoms with Crippen LogP contribution >= 0.6 is 31.9 Å². The Morgan fingerprint density at radius 1 is 0.318 bits per heavy atom. The molecule has 0 fully saturated rings. The van der Waals surface area contributed by atoms with E-state index in [1.54, 1.807) is 0 Å². The van der Waals surface area contributed by atoms with Crippen molar-refractivity contribution < 1.29 is 8.83 Å². The Hall–Kier alpha value is -4.64. The highest BCUT2D eigenvalue weighted by Crippen LogP contribution is 2.43. The molecule has 2 aromatic heterocycles. The van der Waals surface area contributed by atoms with Crippen molar-refractivity contribution >= 4 is 119 Å². The van der Waals surface area contributed by atoms with E-state index in [4.69, 9.17) is 8.83 Å². The van der Waals surface area contributed by atoms with E-state index in [-0.39, 0.29) is 0 Å². The van der Waals surface area contributed by atoms with E-state index in [2.05, 4.69) is 165 Å². The maximum Gasteiger partial charge on any atom is 0.137 e. The predicted molar refractivity (Wildman–Crippen MR) is 193 cm³/mol. The van der Waals surface area contributed by atoms with Crippen LogP contribution in [0, 0.1) is 0 Å². The zero-order chi connectivity index (χ0) is 29.4. The first-order valence-electron chi connectivity index (χ1n) is 14.5. The molecule has 0 aliphatic carbocycles. The third-order valence-electron chi connectivity index (χ3n) is 8.64. The zero-order valence-electron chi connectivity index (χ0n) is 23.3. The molecule has 4 heteroatoms. The second kappa shape index (κ2) is 9.95. The molecule has 10 rings (SSSR count). The molecule has 0 unspecified atom stereocenters. The van der Waals surface area contributed by atoms with Crippen LogP contribution in [0.5, 0.6) is 0 Å². The fourth-order valence-electron chi connectivity index (χ4n) is 6.72. The molecule has 44 heavy (non-hydrogen) atoms. The van der Waals surface area contributed by atoms with Gasteiger partial charge in [0, 0.05) is 30.5 Å². The molecule has 10 aromatic rings. The molecular weight excluding hydrogens is 672 g/mol. The Kier molecular flexibility index (Phi) is 5.84. The Morgan fingerprint density at radius 3 is 1.11 bits per heavy atom. The first kappa shape index (κ1) is 25.8. The van der Waals surface area contributed by atoms with Gasteiger partial charge in [-0.1, -0.05) is 141 Å². The van der Waals surface area contributed by atoms with Crippen molar-refractivity contribution in [2.75, 3.05) is 0 Å². The van der Waals surface area contributed by atoms with Gasteiger partial charge in [-0.25, -0.2) is 0 Å². The Balaban J connectivity index is 0.000000123. The third kappa shape index (κ3) is 3.84. The van der Waals surface area contributed by atoms with Crippen molar-refractivity contribution in [1.29, 1.82) is 0 Å². The number of hydrogen-bond acceptors (Lipinski definition) is 2. The zero-order valence-corrected chi connectivity index (χ0v) is 26.4. The summed E-state index contributed by atoms with van der Waals surface area (Å²) in [4.78, 5) is 0. The predicted octanol–water partition coefficient (Wildman–Crippen LogP) is 13.3. The molecule has 0 N–H and O–H groups in total. The Morgan fingerprint density at radius 2 is 0.659 bits per heavy atom. The molecule has 2 nitrogen and oxygen atoms in total. The summed E-state index contributed by atoms with van der Waals surface area (Å²) in [7, 11) is 0. The number of fused-ring (bicyclic) bond motifs is 14. The number of halogens is 2. The van der Waals surface area contributed by atoms with Crippen molar-refractivity contribution in [3.63, 3.8) is 0 Å². The van der Waals surface area contributed by atoms with Gasteiger partial charge in [0.15, 0.2) is 0 Å². The number of furan rings is 2. The summed E-state index contributed by atoms with van der Waals surface area (Å²) in [6, 6.07) is 46.4. The Labute approximate surface area is 268 Å². The van der Waals surface area contributed by atoms with Crippen molar-refractivity contribution in [3.8, 4) is 0 Å². The minimum atomic E-state index is 0.911. The van der Waals surface area contributed by atoms with Crippen molar-refractivity contribution in [3.05, 3.63) is 142 Å². The lowest BCUT2D eigenvalue weighted by Gasteiger charge is -2.04. The summed E-state index contributed by atoms with van der Waals surface area (Å²) in [5.41, 5.74) is 3.74. The smallest absolute Gasteiger partial charge is 0.137 e. The second-order valence-electron chi connectivity index (χ2n) is 11.1. The molecule has 0 saturated heterocycles. The summed E-state index contributed by atoms with van der Waals surface area (Å²) < 4.78 is 14.4. The van der Waals surface area contributed by atoms with Crippen molar-refractivity contribution in [1.82, 2.24) is 0 Å². The van der Waals surface area contributed by atoms with Crippen LogP contribution in [0.15, 0.2) is 151 Å². The molecule has 0 saturated carbocycles. The molecule has 2 heterocycles. The van der Waals surface area contributed by atoms with Crippen LogP contribution in [0.1, 0.15) is 0 Å². The molecule has 0 bridgehead atoms. The van der Waals surface area contributed by atoms with Gasteiger partial charge >= 0.3 is 0 Å². The third-order valence-corrected chi connectivity index (χ3v) is 9.95. The average Bonchev–Trinajstić information content (AvgIpc) is 3.64. The SMILES string of the molecule is Brc1cc2oc3cc(Br)c4ccccc4c3c2c2ccccc12.c1ccc2c(c1)ccc1oc3ccc4ccccc4c3c12. The molecule has 0 atom stereocenters. The maximum atomic E-state index is 6.17. The van der Waals surface area contributed by atoms with Crippen LogP contribution in [0.25, 0.3) is 87.0 Å². The van der Waals surface area contributed by atoms with E-state index in [1.165, 1.54) is 64.6 Å². The van der Waals surface area contributed by atoms with Crippen LogP contribution in [0.3, 0.4) is 0 Å². The van der Waals surface area contributed by atoms with E-state index >= 15 is 0 Å². The van der Waals surface area contributed by atoms with Gasteiger partial charge in [0.2, 0.25) is 0 Å². The van der Waals surface area contributed by atoms with Crippen LogP contribution in [0.4, 0.5) is 0 Å². The molecule has 0 aliphatic rings. The first-order valence-corrected chi connectivity index (χ1v) is 16.1. The highest BCUT2D eigenvalue weighted by molar-refractivity contribution is 9.11. The lowest BCUT2D eigenvalue weighted by Crippen LogP contribution is -1.79. The van der Waals surface area contributed by atoms with Crippen molar-refractivity contribution in [2.24, 2.45) is 0 Å². The molecule has 0 radical (unpaired) electrons. The maximum absolute atomic E-state index is 6.17. The molecule has 208 valence electrons. The lowest BCUT2D eigenvalue weighted by molar-refractivity contribution is 0.669. The van der Waals surface area contributed by atoms with E-state index in [9.17, 15) is 0 Å². The fraction of sp³-hybridized carbons (Fsp3) is 0. The molecular formula is C40H22Br2O2. The van der Waals surface area contributed by atoms with Gasteiger partial charge in [-0.15, -0.1) is 0 Å². The van der Waals surface area contributed by atoms with Gasteiger partial charge in [0.25, 0.3) is 0 Å². The van der Waals surface area contributed by atoms with E-state index in [0.717, 1.165) is 31.3 Å². The minimum absolute atomic E-state index is 0.911. The highest BCUT2D eigenvalue weighted by Gasteiger charge is 2.17. The standard InChI is InChI=1S/C20H10Br2O.C20H12O/c21-15-9-17-19(13-7-3-1-5-11(13)15)20-14-8-4-2-6-12(14)16(22)10-18(20)23-17;1-3-7-15-13(5-1)9-11-17-19(15)20-16-8-4-2-6-14(16)10-12-18(20)21-17/h1-10H;1-12H. The van der Waals surface area contributed by atoms with Gasteiger partial charge < -0.3 is 8.83 Å². The summed E-state index contributed by atoms with van der Waals surface area (Å²) in [5.74, 6) is 0. The normalized spacial score (nSPS) is 11.9. The van der Waals surface area contributed by atoms with Crippen LogP contribution in [0.2, 0.25) is 0 Å². The summed E-state index contributed by atoms with van der Waals surface area (Å²) >= 11 is 7.34. The fourth-order valence-corrected chi connectivity index (χ4v) is 7.82. The number of rotatable bonds is 0. The molecule has 8 aromatic carbocycles. The van der Waals surface area contributed by atoms with E-state index < -0.39 is 0 Å². The van der Waals surface area contributed by atoms with Gasteiger partial charge in [0.1, 0.15) is 22.3 Å². The monoisotopic (exact) mass is 692 g/mol. The van der Waals surface area contributed by atoms with Crippen LogP contribution in [-0.2, 0) is 0 Å². The highest BCUT2D eigenvalue weighted by atomic mass is 79.9. The van der Waals surface area contributed by atoms with E-state index in [1.807, 2.05) is 0 Å². The number of hydrogen-bond donors (Lipinski definition) is 0. The van der Waals surface area contributed by atoms with Crippen LogP contribution < -0.4 is 0 Å². The summed E-state index contributed by atoms with van der Waals surface area (Å²) in [6.45, 7) is 0. The van der Waals surface area contributed by atoms with Crippen molar-refractivity contribution in [2.45, 2.75) is 0 Å².